The maximum atomic E-state index is 5.33. The van der Waals surface area contributed by atoms with Gasteiger partial charge >= 0.3 is 0 Å². The Labute approximate surface area is 123 Å². The molecule has 1 heterocycles. The molecule has 1 aliphatic carbocycles. The summed E-state index contributed by atoms with van der Waals surface area (Å²) in [5, 5.41) is 3.60. The molecule has 0 spiro atoms. The van der Waals surface area contributed by atoms with Crippen LogP contribution in [0.3, 0.4) is 0 Å². The molecule has 1 aromatic heterocycles. The molecule has 3 unspecified atom stereocenters. The van der Waals surface area contributed by atoms with Gasteiger partial charge in [0.2, 0.25) is 0 Å². The quantitative estimate of drug-likeness (QED) is 0.806. The number of nitrogens with one attached hydrogen (secondary N) is 1. The summed E-state index contributed by atoms with van der Waals surface area (Å²) in [7, 11) is 1.71. The van der Waals surface area contributed by atoms with E-state index in [2.05, 4.69) is 30.2 Å². The average molecular weight is 276 g/mol. The number of hydrogen-bond donors (Lipinski definition) is 1. The lowest BCUT2D eigenvalue weighted by Crippen LogP contribution is -2.32. The molecule has 3 heteroatoms. The van der Waals surface area contributed by atoms with Gasteiger partial charge in [-0.05, 0) is 61.7 Å². The first-order valence-corrected chi connectivity index (χ1v) is 7.94. The van der Waals surface area contributed by atoms with E-state index >= 15 is 0 Å². The van der Waals surface area contributed by atoms with Crippen LogP contribution in [0.4, 0.5) is 0 Å². The molecule has 1 saturated carbocycles. The summed E-state index contributed by atoms with van der Waals surface area (Å²) < 4.78 is 5.33. The topological polar surface area (TPSA) is 34.2 Å². The van der Waals surface area contributed by atoms with E-state index in [1.54, 1.807) is 13.3 Å². The van der Waals surface area contributed by atoms with Crippen molar-refractivity contribution in [2.45, 2.75) is 45.4 Å². The first kappa shape index (κ1) is 15.3. The van der Waals surface area contributed by atoms with Gasteiger partial charge < -0.3 is 10.1 Å². The van der Waals surface area contributed by atoms with Crippen LogP contribution in [0.2, 0.25) is 0 Å². The second-order valence-corrected chi connectivity index (χ2v) is 6.15. The molecule has 0 amide bonds. The van der Waals surface area contributed by atoms with Gasteiger partial charge in [-0.3, -0.25) is 4.98 Å². The highest BCUT2D eigenvalue weighted by molar-refractivity contribution is 5.27. The predicted octanol–water partition coefficient (Wildman–Crippen LogP) is 3.61. The Bertz CT molecular complexity index is 408. The molecule has 0 aliphatic heterocycles. The summed E-state index contributed by atoms with van der Waals surface area (Å²) in [6, 6.07) is 2.17. The third kappa shape index (κ3) is 3.95. The van der Waals surface area contributed by atoms with E-state index in [0.717, 1.165) is 30.7 Å². The molecule has 0 radical (unpaired) electrons. The maximum Gasteiger partial charge on any atom is 0.137 e. The van der Waals surface area contributed by atoms with Crippen molar-refractivity contribution >= 4 is 0 Å². The lowest BCUT2D eigenvalue weighted by atomic mass is 9.72. The largest absolute Gasteiger partial charge is 0.495 e. The summed E-state index contributed by atoms with van der Waals surface area (Å²) in [6.45, 7) is 6.84. The predicted molar refractivity (Wildman–Crippen MR) is 83.2 cm³/mol. The Balaban J connectivity index is 2.09. The van der Waals surface area contributed by atoms with Crippen molar-refractivity contribution in [3.8, 4) is 5.75 Å². The minimum absolute atomic E-state index is 0.616. The van der Waals surface area contributed by atoms with E-state index in [4.69, 9.17) is 4.74 Å². The zero-order chi connectivity index (χ0) is 14.4. The molecular formula is C17H28N2O. The molecule has 112 valence electrons. The smallest absolute Gasteiger partial charge is 0.137 e. The number of pyridine rings is 1. The first-order chi connectivity index (χ1) is 9.74. The van der Waals surface area contributed by atoms with Crippen LogP contribution in [0.1, 0.15) is 51.0 Å². The maximum absolute atomic E-state index is 5.33. The fourth-order valence-electron chi connectivity index (χ4n) is 3.31. The lowest BCUT2D eigenvalue weighted by Gasteiger charge is -2.35. The van der Waals surface area contributed by atoms with E-state index in [0.29, 0.717) is 5.92 Å². The van der Waals surface area contributed by atoms with Gasteiger partial charge in [0.15, 0.2) is 0 Å². The molecule has 2 rings (SSSR count). The Morgan fingerprint density at radius 1 is 1.35 bits per heavy atom. The van der Waals surface area contributed by atoms with Crippen molar-refractivity contribution in [3.63, 3.8) is 0 Å². The molecule has 1 N–H and O–H groups in total. The van der Waals surface area contributed by atoms with Gasteiger partial charge in [-0.1, -0.05) is 20.3 Å². The monoisotopic (exact) mass is 276 g/mol. The highest BCUT2D eigenvalue weighted by Gasteiger charge is 2.29. The number of methoxy groups -OCH3 is 1. The summed E-state index contributed by atoms with van der Waals surface area (Å²) in [5.74, 6) is 3.03. The normalized spacial score (nSPS) is 26.4. The molecule has 3 nitrogen and oxygen atoms in total. The van der Waals surface area contributed by atoms with E-state index in [1.807, 2.05) is 6.20 Å². The van der Waals surface area contributed by atoms with Crippen LogP contribution in [0.5, 0.6) is 5.75 Å². The van der Waals surface area contributed by atoms with Crippen LogP contribution >= 0.6 is 0 Å². The molecule has 20 heavy (non-hydrogen) atoms. The SMILES string of the molecule is CCCNCC1CCC(C)CC1c1cncc(OC)c1. The Morgan fingerprint density at radius 3 is 2.95 bits per heavy atom. The standard InChI is InChI=1S/C17H28N2O/c1-4-7-18-10-14-6-5-13(2)8-17(14)15-9-16(20-3)12-19-11-15/h9,11-14,17-18H,4-8,10H2,1-3H3. The third-order valence-electron chi connectivity index (χ3n) is 4.49. The minimum atomic E-state index is 0.616. The second kappa shape index (κ2) is 7.63. The summed E-state index contributed by atoms with van der Waals surface area (Å²) in [4.78, 5) is 4.34. The summed E-state index contributed by atoms with van der Waals surface area (Å²) in [5.41, 5.74) is 1.35. The molecule has 0 aromatic carbocycles. The highest BCUT2D eigenvalue weighted by atomic mass is 16.5. The summed E-state index contributed by atoms with van der Waals surface area (Å²) >= 11 is 0. The van der Waals surface area contributed by atoms with Gasteiger partial charge in [0.1, 0.15) is 5.75 Å². The molecule has 1 fully saturated rings. The minimum Gasteiger partial charge on any atom is -0.495 e. The van der Waals surface area contributed by atoms with Crippen molar-refractivity contribution in [1.82, 2.24) is 10.3 Å². The van der Waals surface area contributed by atoms with Gasteiger partial charge in [-0.25, -0.2) is 0 Å². The van der Waals surface area contributed by atoms with Gasteiger partial charge in [-0.15, -0.1) is 0 Å². The fraction of sp³-hybridized carbons (Fsp3) is 0.706. The van der Waals surface area contributed by atoms with Crippen molar-refractivity contribution in [3.05, 3.63) is 24.0 Å². The Kier molecular flexibility index (Phi) is 5.84. The van der Waals surface area contributed by atoms with Crippen molar-refractivity contribution in [1.29, 1.82) is 0 Å². The van der Waals surface area contributed by atoms with Crippen LogP contribution < -0.4 is 10.1 Å². The zero-order valence-corrected chi connectivity index (χ0v) is 13.1. The van der Waals surface area contributed by atoms with Gasteiger partial charge in [0.05, 0.1) is 13.3 Å². The molecule has 3 atom stereocenters. The van der Waals surface area contributed by atoms with Gasteiger partial charge in [-0.2, -0.15) is 0 Å². The van der Waals surface area contributed by atoms with Crippen LogP contribution in [0.15, 0.2) is 18.5 Å². The molecule has 1 aliphatic rings. The van der Waals surface area contributed by atoms with Crippen molar-refractivity contribution in [2.75, 3.05) is 20.2 Å². The van der Waals surface area contributed by atoms with E-state index in [-0.39, 0.29) is 0 Å². The number of hydrogen-bond acceptors (Lipinski definition) is 3. The Hall–Kier alpha value is -1.09. The Morgan fingerprint density at radius 2 is 2.20 bits per heavy atom. The first-order valence-electron chi connectivity index (χ1n) is 7.94. The number of aromatic nitrogens is 1. The van der Waals surface area contributed by atoms with Crippen molar-refractivity contribution in [2.24, 2.45) is 11.8 Å². The van der Waals surface area contributed by atoms with Crippen molar-refractivity contribution < 1.29 is 4.74 Å². The third-order valence-corrected chi connectivity index (χ3v) is 4.49. The zero-order valence-electron chi connectivity index (χ0n) is 13.1. The number of ether oxygens (including phenoxy) is 1. The summed E-state index contributed by atoms with van der Waals surface area (Å²) in [6.07, 6.45) is 8.96. The fourth-order valence-corrected chi connectivity index (χ4v) is 3.31. The molecule has 0 saturated heterocycles. The second-order valence-electron chi connectivity index (χ2n) is 6.15. The van der Waals surface area contributed by atoms with E-state index in [1.165, 1.54) is 31.2 Å². The lowest BCUT2D eigenvalue weighted by molar-refractivity contribution is 0.241. The van der Waals surface area contributed by atoms with Gasteiger partial charge in [0.25, 0.3) is 0 Å². The van der Waals surface area contributed by atoms with Crippen LogP contribution in [0, 0.1) is 11.8 Å². The van der Waals surface area contributed by atoms with E-state index in [9.17, 15) is 0 Å². The van der Waals surface area contributed by atoms with Crippen LogP contribution in [-0.4, -0.2) is 25.2 Å². The van der Waals surface area contributed by atoms with Gasteiger partial charge in [0, 0.05) is 6.20 Å². The van der Waals surface area contributed by atoms with E-state index < -0.39 is 0 Å². The molecule has 1 aromatic rings. The molecule has 0 bridgehead atoms. The van der Waals surface area contributed by atoms with Crippen LogP contribution in [-0.2, 0) is 0 Å². The average Bonchev–Trinajstić information content (AvgIpc) is 2.49. The van der Waals surface area contributed by atoms with Crippen LogP contribution in [0.25, 0.3) is 0 Å². The number of nitrogens with zero attached hydrogens (tertiary/aromatic N) is 1. The highest BCUT2D eigenvalue weighted by Crippen LogP contribution is 2.40. The number of rotatable bonds is 6. The molecular weight excluding hydrogens is 248 g/mol.